The second-order valence-electron chi connectivity index (χ2n) is 5.17. The van der Waals surface area contributed by atoms with Crippen molar-refractivity contribution < 1.29 is 19.4 Å². The van der Waals surface area contributed by atoms with Crippen molar-refractivity contribution in [2.24, 2.45) is 7.05 Å². The Morgan fingerprint density at radius 3 is 2.61 bits per heavy atom. The minimum absolute atomic E-state index is 0.123. The number of nitrogens with one attached hydrogen (secondary N) is 1. The van der Waals surface area contributed by atoms with Crippen LogP contribution in [0.4, 0.5) is 4.79 Å². The van der Waals surface area contributed by atoms with Crippen molar-refractivity contribution in [1.29, 1.82) is 0 Å². The van der Waals surface area contributed by atoms with E-state index < -0.39 is 18.1 Å². The molecule has 0 bridgehead atoms. The quantitative estimate of drug-likeness (QED) is 0.851. The Hall–Kier alpha value is -2.83. The van der Waals surface area contributed by atoms with Gasteiger partial charge >= 0.3 is 12.1 Å². The molecular formula is C16H19N3O4. The molecule has 7 nitrogen and oxygen atoms in total. The van der Waals surface area contributed by atoms with Crippen LogP contribution in [0.15, 0.2) is 36.5 Å². The summed E-state index contributed by atoms with van der Waals surface area (Å²) in [7, 11) is 1.75. The van der Waals surface area contributed by atoms with Crippen LogP contribution in [0.3, 0.4) is 0 Å². The second-order valence-corrected chi connectivity index (χ2v) is 5.17. The van der Waals surface area contributed by atoms with Gasteiger partial charge in [0.1, 0.15) is 6.61 Å². The van der Waals surface area contributed by atoms with Gasteiger partial charge in [-0.1, -0.05) is 30.3 Å². The second kappa shape index (κ2) is 7.44. The lowest BCUT2D eigenvalue weighted by atomic mass is 10.1. The van der Waals surface area contributed by atoms with Crippen LogP contribution in [-0.4, -0.2) is 26.9 Å². The van der Waals surface area contributed by atoms with Crippen LogP contribution in [0.2, 0.25) is 0 Å². The molecule has 7 heteroatoms. The topological polar surface area (TPSA) is 93.5 Å². The number of carboxylic acids is 1. The molecule has 1 aromatic carbocycles. The van der Waals surface area contributed by atoms with Gasteiger partial charge in [-0.25, -0.2) is 4.79 Å². The predicted molar refractivity (Wildman–Crippen MR) is 82.7 cm³/mol. The molecule has 1 amide bonds. The molecule has 2 N–H and O–H groups in total. The number of aliphatic carboxylic acids is 1. The zero-order valence-electron chi connectivity index (χ0n) is 13.0. The van der Waals surface area contributed by atoms with Gasteiger partial charge in [-0.15, -0.1) is 0 Å². The van der Waals surface area contributed by atoms with Crippen LogP contribution in [0, 0.1) is 6.92 Å². The van der Waals surface area contributed by atoms with E-state index in [-0.39, 0.29) is 13.0 Å². The van der Waals surface area contributed by atoms with Gasteiger partial charge in [0.2, 0.25) is 0 Å². The van der Waals surface area contributed by atoms with Gasteiger partial charge < -0.3 is 15.2 Å². The Labute approximate surface area is 133 Å². The summed E-state index contributed by atoms with van der Waals surface area (Å²) in [6.07, 6.45) is 0.649. The minimum Gasteiger partial charge on any atom is -0.481 e. The zero-order valence-corrected chi connectivity index (χ0v) is 13.0. The van der Waals surface area contributed by atoms with Crippen molar-refractivity contribution in [1.82, 2.24) is 15.1 Å². The van der Waals surface area contributed by atoms with E-state index in [1.165, 1.54) is 0 Å². The molecule has 1 heterocycles. The highest BCUT2D eigenvalue weighted by atomic mass is 16.5. The Bertz CT molecular complexity index is 682. The number of alkyl carbamates (subject to hydrolysis) is 1. The number of carboxylic acid groups (broad SMARTS) is 1. The van der Waals surface area contributed by atoms with E-state index in [0.29, 0.717) is 5.56 Å². The Balaban J connectivity index is 2.01. The molecule has 1 aromatic heterocycles. The number of carbonyl (C=O) groups excluding carboxylic acids is 1. The van der Waals surface area contributed by atoms with Crippen molar-refractivity contribution in [2.75, 3.05) is 0 Å². The lowest BCUT2D eigenvalue weighted by molar-refractivity contribution is -0.137. The first-order chi connectivity index (χ1) is 11.0. The number of hydrogen-bond donors (Lipinski definition) is 2. The largest absolute Gasteiger partial charge is 0.481 e. The maximum Gasteiger partial charge on any atom is 0.407 e. The van der Waals surface area contributed by atoms with E-state index in [1.54, 1.807) is 17.9 Å². The molecule has 0 aliphatic carbocycles. The van der Waals surface area contributed by atoms with Crippen molar-refractivity contribution in [3.63, 3.8) is 0 Å². The van der Waals surface area contributed by atoms with E-state index in [1.807, 2.05) is 37.3 Å². The highest BCUT2D eigenvalue weighted by Crippen LogP contribution is 2.20. The summed E-state index contributed by atoms with van der Waals surface area (Å²) < 4.78 is 6.76. The van der Waals surface area contributed by atoms with E-state index in [0.717, 1.165) is 11.3 Å². The summed E-state index contributed by atoms with van der Waals surface area (Å²) in [4.78, 5) is 23.0. The standard InChI is InChI=1S/C16H19N3O4/c1-11-13(9-17-19(11)2)14(8-15(20)21)18-16(22)23-10-12-6-4-3-5-7-12/h3-7,9,14H,8,10H2,1-2H3,(H,18,22)(H,20,21). The van der Waals surface area contributed by atoms with Crippen LogP contribution in [0.25, 0.3) is 0 Å². The molecule has 0 fully saturated rings. The van der Waals surface area contributed by atoms with Crippen LogP contribution in [0.5, 0.6) is 0 Å². The summed E-state index contributed by atoms with van der Waals surface area (Å²) in [5.74, 6) is -1.01. The molecule has 1 unspecified atom stereocenters. The van der Waals surface area contributed by atoms with Crippen LogP contribution in [0.1, 0.15) is 29.3 Å². The molecule has 23 heavy (non-hydrogen) atoms. The first-order valence-corrected chi connectivity index (χ1v) is 7.15. The molecule has 0 spiro atoms. The highest BCUT2D eigenvalue weighted by Gasteiger charge is 2.22. The highest BCUT2D eigenvalue weighted by molar-refractivity contribution is 5.72. The normalized spacial score (nSPS) is 11.7. The number of amides is 1. The van der Waals surface area contributed by atoms with Gasteiger partial charge in [0.25, 0.3) is 0 Å². The summed E-state index contributed by atoms with van der Waals surface area (Å²) in [5, 5.41) is 15.7. The van der Waals surface area contributed by atoms with E-state index in [2.05, 4.69) is 10.4 Å². The number of ether oxygens (including phenoxy) is 1. The predicted octanol–water partition coefficient (Wildman–Crippen LogP) is 2.17. The van der Waals surface area contributed by atoms with Gasteiger partial charge in [0, 0.05) is 18.3 Å². The third-order valence-corrected chi connectivity index (χ3v) is 3.53. The number of nitrogens with zero attached hydrogens (tertiary/aromatic N) is 2. The fourth-order valence-electron chi connectivity index (χ4n) is 2.18. The van der Waals surface area contributed by atoms with Crippen molar-refractivity contribution in [3.8, 4) is 0 Å². The maximum absolute atomic E-state index is 11.9. The van der Waals surface area contributed by atoms with E-state index >= 15 is 0 Å². The SMILES string of the molecule is Cc1c(C(CC(=O)O)NC(=O)OCc2ccccc2)cnn1C. The van der Waals surface area contributed by atoms with Crippen molar-refractivity contribution in [2.45, 2.75) is 26.0 Å². The maximum atomic E-state index is 11.9. The number of rotatable bonds is 6. The van der Waals surface area contributed by atoms with E-state index in [9.17, 15) is 9.59 Å². The third kappa shape index (κ3) is 4.57. The minimum atomic E-state index is -1.01. The number of aromatic nitrogens is 2. The lowest BCUT2D eigenvalue weighted by Crippen LogP contribution is -2.31. The van der Waals surface area contributed by atoms with Crippen molar-refractivity contribution >= 4 is 12.1 Å². The van der Waals surface area contributed by atoms with Gasteiger partial charge in [0.05, 0.1) is 18.7 Å². The Morgan fingerprint density at radius 2 is 2.04 bits per heavy atom. The van der Waals surface area contributed by atoms with Crippen LogP contribution < -0.4 is 5.32 Å². The number of aryl methyl sites for hydroxylation is 1. The monoisotopic (exact) mass is 317 g/mol. The summed E-state index contributed by atoms with van der Waals surface area (Å²) in [5.41, 5.74) is 2.31. The fraction of sp³-hybridized carbons (Fsp3) is 0.312. The Morgan fingerprint density at radius 1 is 1.35 bits per heavy atom. The Kier molecular flexibility index (Phi) is 5.35. The van der Waals surface area contributed by atoms with Gasteiger partial charge in [-0.3, -0.25) is 9.48 Å². The average Bonchev–Trinajstić information content (AvgIpc) is 2.85. The molecule has 2 rings (SSSR count). The summed E-state index contributed by atoms with van der Waals surface area (Å²) in [6.45, 7) is 1.94. The molecule has 0 saturated heterocycles. The molecular weight excluding hydrogens is 298 g/mol. The molecule has 0 saturated carbocycles. The molecule has 0 aliphatic heterocycles. The van der Waals surface area contributed by atoms with E-state index in [4.69, 9.17) is 9.84 Å². The molecule has 0 radical (unpaired) electrons. The smallest absolute Gasteiger partial charge is 0.407 e. The van der Waals surface area contributed by atoms with Gasteiger partial charge in [-0.2, -0.15) is 5.10 Å². The molecule has 122 valence electrons. The molecule has 2 aromatic rings. The van der Waals surface area contributed by atoms with Gasteiger partial charge in [-0.05, 0) is 12.5 Å². The molecule has 1 atom stereocenters. The van der Waals surface area contributed by atoms with Crippen molar-refractivity contribution in [3.05, 3.63) is 53.3 Å². The van der Waals surface area contributed by atoms with Crippen LogP contribution >= 0.6 is 0 Å². The average molecular weight is 317 g/mol. The number of benzene rings is 1. The summed E-state index contributed by atoms with van der Waals surface area (Å²) >= 11 is 0. The van der Waals surface area contributed by atoms with Crippen LogP contribution in [-0.2, 0) is 23.2 Å². The first kappa shape index (κ1) is 16.5. The fourth-order valence-corrected chi connectivity index (χ4v) is 2.18. The first-order valence-electron chi connectivity index (χ1n) is 7.15. The lowest BCUT2D eigenvalue weighted by Gasteiger charge is -2.17. The third-order valence-electron chi connectivity index (χ3n) is 3.53. The van der Waals surface area contributed by atoms with Gasteiger partial charge in [0.15, 0.2) is 0 Å². The summed E-state index contributed by atoms with van der Waals surface area (Å²) in [6, 6.07) is 8.56. The molecule has 0 aliphatic rings. The number of hydrogen-bond acceptors (Lipinski definition) is 4. The zero-order chi connectivity index (χ0) is 16.8. The number of carbonyl (C=O) groups is 2.